The van der Waals surface area contributed by atoms with Crippen LogP contribution in [0.1, 0.15) is 38.6 Å². The van der Waals surface area contributed by atoms with E-state index in [2.05, 4.69) is 10.1 Å². The number of carbonyl (C=O) groups excluding carboxylic acids is 1. The number of aldehydes is 1. The van der Waals surface area contributed by atoms with Crippen LogP contribution in [0.4, 0.5) is 13.2 Å². The van der Waals surface area contributed by atoms with Crippen LogP contribution in [0, 0.1) is 6.92 Å². The summed E-state index contributed by atoms with van der Waals surface area (Å²) >= 11 is 0. The number of rotatable bonds is 11. The van der Waals surface area contributed by atoms with E-state index >= 15 is 0 Å². The van der Waals surface area contributed by atoms with Crippen LogP contribution in [-0.4, -0.2) is 58.3 Å². The van der Waals surface area contributed by atoms with Gasteiger partial charge < -0.3 is 18.9 Å². The third-order valence-corrected chi connectivity index (χ3v) is 6.74. The van der Waals surface area contributed by atoms with Crippen LogP contribution in [0.25, 0.3) is 11.1 Å². The van der Waals surface area contributed by atoms with Gasteiger partial charge in [-0.15, -0.1) is 0 Å². The number of ether oxygens (including phenoxy) is 2. The highest BCUT2D eigenvalue weighted by molar-refractivity contribution is 5.84. The maximum atomic E-state index is 14.0. The number of aromatic nitrogens is 4. The molecule has 0 atom stereocenters. The van der Waals surface area contributed by atoms with E-state index in [1.165, 1.54) is 13.2 Å². The lowest BCUT2D eigenvalue weighted by Crippen LogP contribution is -2.21. The summed E-state index contributed by atoms with van der Waals surface area (Å²) in [7, 11) is 6.52. The Balaban J connectivity index is 1.71. The van der Waals surface area contributed by atoms with Crippen molar-refractivity contribution in [2.24, 2.45) is 7.05 Å². The van der Waals surface area contributed by atoms with Crippen LogP contribution in [0.2, 0.25) is 0 Å². The van der Waals surface area contributed by atoms with Gasteiger partial charge in [-0.25, -0.2) is 4.98 Å². The third kappa shape index (κ3) is 6.53. The average Bonchev–Trinajstić information content (AvgIpc) is 3.51. The predicted octanol–water partition coefficient (Wildman–Crippen LogP) is 5.16. The molecule has 0 spiro atoms. The number of aryl methyl sites for hydroxylation is 2. The molecule has 40 heavy (non-hydrogen) atoms. The Kier molecular flexibility index (Phi) is 8.63. The SMILES string of the molecule is COc1cc(CN(C)CCc2c(C=O)cc(Cn3ccnc3C)cc2-c2cn(C)nc2C(F)(F)F)cc(OC)c1. The minimum atomic E-state index is -4.66. The van der Waals surface area contributed by atoms with Crippen molar-refractivity contribution in [3.05, 3.63) is 82.7 Å². The molecule has 0 fully saturated rings. The minimum absolute atomic E-state index is 0.0579. The van der Waals surface area contributed by atoms with Gasteiger partial charge in [0, 0.05) is 62.5 Å². The molecule has 0 radical (unpaired) electrons. The maximum absolute atomic E-state index is 14.0. The first-order chi connectivity index (χ1) is 19.0. The Bertz CT molecular complexity index is 1470. The van der Waals surface area contributed by atoms with Gasteiger partial charge in [-0.3, -0.25) is 9.48 Å². The molecule has 212 valence electrons. The summed E-state index contributed by atoms with van der Waals surface area (Å²) in [6.07, 6.45) is 1.19. The van der Waals surface area contributed by atoms with Crippen molar-refractivity contribution < 1.29 is 27.4 Å². The number of benzene rings is 2. The lowest BCUT2D eigenvalue weighted by atomic mass is 9.91. The number of halogens is 3. The smallest absolute Gasteiger partial charge is 0.435 e. The van der Waals surface area contributed by atoms with Gasteiger partial charge in [0.05, 0.1) is 14.2 Å². The first-order valence-corrected chi connectivity index (χ1v) is 12.6. The molecule has 0 amide bonds. The minimum Gasteiger partial charge on any atom is -0.497 e. The van der Waals surface area contributed by atoms with Gasteiger partial charge in [-0.1, -0.05) is 0 Å². The number of carbonyl (C=O) groups is 1. The summed E-state index contributed by atoms with van der Waals surface area (Å²) in [5, 5.41) is 3.71. The summed E-state index contributed by atoms with van der Waals surface area (Å²) in [5.41, 5.74) is 1.82. The van der Waals surface area contributed by atoms with E-state index in [1.54, 1.807) is 44.8 Å². The zero-order chi connectivity index (χ0) is 29.0. The lowest BCUT2D eigenvalue weighted by molar-refractivity contribution is -0.140. The largest absolute Gasteiger partial charge is 0.497 e. The Hall–Kier alpha value is -4.12. The zero-order valence-electron chi connectivity index (χ0n) is 23.1. The number of hydrogen-bond donors (Lipinski definition) is 0. The summed E-state index contributed by atoms with van der Waals surface area (Å²) in [5.74, 6) is 2.08. The van der Waals surface area contributed by atoms with Gasteiger partial charge in [0.25, 0.3) is 0 Å². The topological polar surface area (TPSA) is 74.4 Å². The molecule has 0 bridgehead atoms. The number of hydrogen-bond acceptors (Lipinski definition) is 6. The molecule has 0 N–H and O–H groups in total. The van der Waals surface area contributed by atoms with E-state index in [0.717, 1.165) is 16.1 Å². The Morgan fingerprint density at radius 3 is 2.30 bits per heavy atom. The number of nitrogens with zero attached hydrogens (tertiary/aromatic N) is 5. The Morgan fingerprint density at radius 1 is 1.02 bits per heavy atom. The molecule has 2 aromatic heterocycles. The van der Waals surface area contributed by atoms with Crippen molar-refractivity contribution in [2.45, 2.75) is 32.6 Å². The van der Waals surface area contributed by atoms with E-state index < -0.39 is 11.9 Å². The predicted molar refractivity (Wildman–Crippen MR) is 145 cm³/mol. The molecule has 8 nitrogen and oxygen atoms in total. The fraction of sp³-hybridized carbons (Fsp3) is 0.345. The van der Waals surface area contributed by atoms with E-state index in [4.69, 9.17) is 9.47 Å². The summed E-state index contributed by atoms with van der Waals surface area (Å²) in [6, 6.07) is 9.05. The highest BCUT2D eigenvalue weighted by atomic mass is 19.4. The van der Waals surface area contributed by atoms with Gasteiger partial charge in [-0.05, 0) is 66.9 Å². The van der Waals surface area contributed by atoms with Crippen molar-refractivity contribution in [3.8, 4) is 22.6 Å². The van der Waals surface area contributed by atoms with Crippen molar-refractivity contribution in [1.29, 1.82) is 0 Å². The molecular weight excluding hydrogens is 523 g/mol. The first kappa shape index (κ1) is 28.9. The molecule has 4 aromatic rings. The molecule has 4 rings (SSSR count). The molecular formula is C29H32F3N5O3. The molecule has 0 saturated heterocycles. The average molecular weight is 556 g/mol. The van der Waals surface area contributed by atoms with Crippen LogP contribution in [0.5, 0.6) is 11.5 Å². The van der Waals surface area contributed by atoms with Crippen molar-refractivity contribution in [3.63, 3.8) is 0 Å². The lowest BCUT2D eigenvalue weighted by Gasteiger charge is -2.21. The monoisotopic (exact) mass is 555 g/mol. The van der Waals surface area contributed by atoms with Crippen LogP contribution < -0.4 is 9.47 Å². The van der Waals surface area contributed by atoms with E-state index in [0.29, 0.717) is 66.1 Å². The van der Waals surface area contributed by atoms with Gasteiger partial charge in [0.2, 0.25) is 0 Å². The van der Waals surface area contributed by atoms with Crippen molar-refractivity contribution >= 4 is 6.29 Å². The molecule has 2 heterocycles. The number of likely N-dealkylation sites (N-methyl/N-ethyl adjacent to an activating group) is 1. The van der Waals surface area contributed by atoms with Gasteiger partial charge in [-0.2, -0.15) is 18.3 Å². The van der Waals surface area contributed by atoms with Crippen molar-refractivity contribution in [2.75, 3.05) is 27.8 Å². The summed E-state index contributed by atoms with van der Waals surface area (Å²) in [4.78, 5) is 18.5. The van der Waals surface area contributed by atoms with E-state index in [9.17, 15) is 18.0 Å². The van der Waals surface area contributed by atoms with E-state index in [1.807, 2.05) is 35.6 Å². The Morgan fingerprint density at radius 2 is 1.73 bits per heavy atom. The molecule has 0 aliphatic heterocycles. The number of imidazole rings is 1. The molecule has 0 saturated carbocycles. The number of methoxy groups -OCH3 is 2. The fourth-order valence-corrected chi connectivity index (χ4v) is 4.79. The van der Waals surface area contributed by atoms with Gasteiger partial charge in [0.15, 0.2) is 5.69 Å². The van der Waals surface area contributed by atoms with E-state index in [-0.39, 0.29) is 5.56 Å². The summed E-state index contributed by atoms with van der Waals surface area (Å²) in [6.45, 7) is 3.22. The third-order valence-electron chi connectivity index (χ3n) is 6.74. The molecule has 2 aromatic carbocycles. The van der Waals surface area contributed by atoms with Crippen LogP contribution in [-0.2, 0) is 32.7 Å². The number of alkyl halides is 3. The van der Waals surface area contributed by atoms with Crippen LogP contribution in [0.15, 0.2) is 48.9 Å². The quantitative estimate of drug-likeness (QED) is 0.238. The molecule has 0 aliphatic rings. The molecule has 0 unspecified atom stereocenters. The first-order valence-electron chi connectivity index (χ1n) is 12.6. The standard InChI is InChI=1S/C29H32F3N5O3/c1-19-33-7-9-37(19)16-20-10-22(18-38)25(26(13-20)27-17-36(3)34-28(27)29(30,31)32)6-8-35(2)15-21-11-23(39-4)14-24(12-21)40-5/h7,9-14,17-18H,6,8,15-16H2,1-5H3. The zero-order valence-corrected chi connectivity index (χ0v) is 23.1. The van der Waals surface area contributed by atoms with Crippen LogP contribution >= 0.6 is 0 Å². The Labute approximate surface area is 231 Å². The van der Waals surface area contributed by atoms with Gasteiger partial charge in [0.1, 0.15) is 23.6 Å². The molecule has 0 aliphatic carbocycles. The molecule has 11 heteroatoms. The maximum Gasteiger partial charge on any atom is 0.435 e. The second-order valence-corrected chi connectivity index (χ2v) is 9.70. The van der Waals surface area contributed by atoms with Crippen molar-refractivity contribution in [1.82, 2.24) is 24.2 Å². The summed E-state index contributed by atoms with van der Waals surface area (Å²) < 4.78 is 55.8. The highest BCUT2D eigenvalue weighted by Gasteiger charge is 2.38. The second-order valence-electron chi connectivity index (χ2n) is 9.70. The van der Waals surface area contributed by atoms with Crippen LogP contribution in [0.3, 0.4) is 0 Å². The normalized spacial score (nSPS) is 11.7. The second kappa shape index (κ2) is 12.0. The highest BCUT2D eigenvalue weighted by Crippen LogP contribution is 2.39. The fourth-order valence-electron chi connectivity index (χ4n) is 4.79. The van der Waals surface area contributed by atoms with Gasteiger partial charge >= 0.3 is 6.18 Å².